The molecule has 2 N–H and O–H groups in total. The van der Waals surface area contributed by atoms with Crippen LogP contribution in [0.15, 0.2) is 18.2 Å². The molecule has 0 amide bonds. The maximum atomic E-state index is 9.56. The zero-order valence-electron chi connectivity index (χ0n) is 10.1. The van der Waals surface area contributed by atoms with E-state index >= 15 is 0 Å². The van der Waals surface area contributed by atoms with Crippen LogP contribution in [0.4, 0.5) is 0 Å². The normalized spacial score (nSPS) is 18.7. The van der Waals surface area contributed by atoms with Crippen molar-refractivity contribution in [3.8, 4) is 11.5 Å². The van der Waals surface area contributed by atoms with Gasteiger partial charge in [0.1, 0.15) is 24.2 Å². The first kappa shape index (κ1) is 12.2. The maximum absolute atomic E-state index is 9.56. The van der Waals surface area contributed by atoms with E-state index in [0.717, 1.165) is 5.56 Å². The number of aliphatic hydroxyl groups excluding tert-OH is 1. The Balaban J connectivity index is 1.95. The monoisotopic (exact) mass is 238 g/mol. The SMILES string of the molecule is CC(C)(O)CCOc1ccc2c(c1)OCC2O. The summed E-state index contributed by atoms with van der Waals surface area (Å²) in [5.74, 6) is 1.38. The van der Waals surface area contributed by atoms with E-state index in [9.17, 15) is 10.2 Å². The predicted molar refractivity (Wildman–Crippen MR) is 63.3 cm³/mol. The number of ether oxygens (including phenoxy) is 2. The minimum Gasteiger partial charge on any atom is -0.493 e. The fourth-order valence-corrected chi connectivity index (χ4v) is 1.68. The molecule has 2 rings (SSSR count). The van der Waals surface area contributed by atoms with Crippen LogP contribution < -0.4 is 9.47 Å². The Morgan fingerprint density at radius 3 is 2.94 bits per heavy atom. The molecular weight excluding hydrogens is 220 g/mol. The summed E-state index contributed by atoms with van der Waals surface area (Å²) >= 11 is 0. The van der Waals surface area contributed by atoms with Crippen LogP contribution in [-0.4, -0.2) is 29.0 Å². The van der Waals surface area contributed by atoms with Crippen molar-refractivity contribution in [2.24, 2.45) is 0 Å². The van der Waals surface area contributed by atoms with Crippen LogP contribution in [0.5, 0.6) is 11.5 Å². The van der Waals surface area contributed by atoms with Crippen LogP contribution in [0.1, 0.15) is 31.9 Å². The average molecular weight is 238 g/mol. The van der Waals surface area contributed by atoms with Gasteiger partial charge in [-0.25, -0.2) is 0 Å². The van der Waals surface area contributed by atoms with Crippen LogP contribution in [-0.2, 0) is 0 Å². The van der Waals surface area contributed by atoms with E-state index in [4.69, 9.17) is 9.47 Å². The van der Waals surface area contributed by atoms with E-state index in [0.29, 0.717) is 31.1 Å². The zero-order valence-corrected chi connectivity index (χ0v) is 10.1. The molecule has 0 fully saturated rings. The van der Waals surface area contributed by atoms with Crippen molar-refractivity contribution in [2.45, 2.75) is 32.0 Å². The molecule has 0 aliphatic carbocycles. The molecule has 1 unspecified atom stereocenters. The summed E-state index contributed by atoms with van der Waals surface area (Å²) in [4.78, 5) is 0. The standard InChI is InChI=1S/C13H18O4/c1-13(2,15)5-6-16-9-3-4-10-11(14)8-17-12(10)7-9/h3-4,7,11,14-15H,5-6,8H2,1-2H3. The topological polar surface area (TPSA) is 58.9 Å². The van der Waals surface area contributed by atoms with Crippen molar-refractivity contribution in [3.63, 3.8) is 0 Å². The number of hydrogen-bond donors (Lipinski definition) is 2. The lowest BCUT2D eigenvalue weighted by Crippen LogP contribution is -2.21. The van der Waals surface area contributed by atoms with E-state index in [-0.39, 0.29) is 0 Å². The minimum atomic E-state index is -0.719. The summed E-state index contributed by atoms with van der Waals surface area (Å²) in [5.41, 5.74) is 0.0866. The Morgan fingerprint density at radius 2 is 2.24 bits per heavy atom. The fraction of sp³-hybridized carbons (Fsp3) is 0.538. The molecule has 0 spiro atoms. The molecule has 0 saturated heterocycles. The highest BCUT2D eigenvalue weighted by Crippen LogP contribution is 2.35. The van der Waals surface area contributed by atoms with Crippen molar-refractivity contribution < 1.29 is 19.7 Å². The lowest BCUT2D eigenvalue weighted by Gasteiger charge is -2.17. The summed E-state index contributed by atoms with van der Waals surface area (Å²) in [6, 6.07) is 5.39. The van der Waals surface area contributed by atoms with Gasteiger partial charge in [-0.05, 0) is 26.0 Å². The van der Waals surface area contributed by atoms with Gasteiger partial charge >= 0.3 is 0 Å². The third-order valence-electron chi connectivity index (χ3n) is 2.72. The molecule has 1 aliphatic rings. The highest BCUT2D eigenvalue weighted by molar-refractivity contribution is 5.44. The molecule has 1 aromatic carbocycles. The van der Waals surface area contributed by atoms with Crippen LogP contribution in [0.2, 0.25) is 0 Å². The molecule has 0 saturated carbocycles. The van der Waals surface area contributed by atoms with Gasteiger partial charge in [0.15, 0.2) is 0 Å². The van der Waals surface area contributed by atoms with E-state index in [1.165, 1.54) is 0 Å². The third-order valence-corrected chi connectivity index (χ3v) is 2.72. The van der Waals surface area contributed by atoms with E-state index in [1.54, 1.807) is 26.0 Å². The summed E-state index contributed by atoms with van der Waals surface area (Å²) in [6.07, 6.45) is 0.0310. The molecule has 1 aromatic rings. The Hall–Kier alpha value is -1.26. The van der Waals surface area contributed by atoms with Gasteiger partial charge in [-0.15, -0.1) is 0 Å². The third kappa shape index (κ3) is 3.11. The molecule has 0 bridgehead atoms. The summed E-state index contributed by atoms with van der Waals surface area (Å²) in [5, 5.41) is 19.1. The summed E-state index contributed by atoms with van der Waals surface area (Å²) in [7, 11) is 0. The van der Waals surface area contributed by atoms with Gasteiger partial charge in [-0.2, -0.15) is 0 Å². The Morgan fingerprint density at radius 1 is 1.47 bits per heavy atom. The molecule has 1 heterocycles. The van der Waals surface area contributed by atoms with Gasteiger partial charge in [0.05, 0.1) is 12.2 Å². The summed E-state index contributed by atoms with van der Waals surface area (Å²) in [6.45, 7) is 4.25. The smallest absolute Gasteiger partial charge is 0.129 e. The second kappa shape index (κ2) is 4.55. The number of rotatable bonds is 4. The maximum Gasteiger partial charge on any atom is 0.129 e. The molecule has 0 aromatic heterocycles. The van der Waals surface area contributed by atoms with Crippen molar-refractivity contribution in [1.82, 2.24) is 0 Å². The van der Waals surface area contributed by atoms with Gasteiger partial charge in [0.25, 0.3) is 0 Å². The van der Waals surface area contributed by atoms with Gasteiger partial charge in [0, 0.05) is 18.1 Å². The van der Waals surface area contributed by atoms with Crippen LogP contribution >= 0.6 is 0 Å². The molecule has 0 radical (unpaired) electrons. The molecule has 17 heavy (non-hydrogen) atoms. The van der Waals surface area contributed by atoms with E-state index in [1.807, 2.05) is 6.07 Å². The fourth-order valence-electron chi connectivity index (χ4n) is 1.68. The molecule has 4 nitrogen and oxygen atoms in total. The largest absolute Gasteiger partial charge is 0.493 e. The van der Waals surface area contributed by atoms with Crippen molar-refractivity contribution in [3.05, 3.63) is 23.8 Å². The van der Waals surface area contributed by atoms with Gasteiger partial charge in [-0.1, -0.05) is 0 Å². The van der Waals surface area contributed by atoms with E-state index in [2.05, 4.69) is 0 Å². The first-order valence-electron chi connectivity index (χ1n) is 5.76. The Bertz CT molecular complexity index is 395. The number of fused-ring (bicyclic) bond motifs is 1. The van der Waals surface area contributed by atoms with Crippen molar-refractivity contribution in [2.75, 3.05) is 13.2 Å². The van der Waals surface area contributed by atoms with Gasteiger partial charge in [-0.3, -0.25) is 0 Å². The van der Waals surface area contributed by atoms with Crippen molar-refractivity contribution >= 4 is 0 Å². The Kier molecular flexibility index (Phi) is 3.26. The van der Waals surface area contributed by atoms with E-state index < -0.39 is 11.7 Å². The average Bonchev–Trinajstić information content (AvgIpc) is 2.58. The number of benzene rings is 1. The number of aliphatic hydroxyl groups is 2. The highest BCUT2D eigenvalue weighted by Gasteiger charge is 2.22. The van der Waals surface area contributed by atoms with Crippen molar-refractivity contribution in [1.29, 1.82) is 0 Å². The lowest BCUT2D eigenvalue weighted by molar-refractivity contribution is 0.0553. The number of hydrogen-bond acceptors (Lipinski definition) is 4. The quantitative estimate of drug-likeness (QED) is 0.837. The van der Waals surface area contributed by atoms with Crippen LogP contribution in [0.25, 0.3) is 0 Å². The minimum absolute atomic E-state index is 0.308. The van der Waals surface area contributed by atoms with Crippen LogP contribution in [0, 0.1) is 0 Å². The Labute approximate surface area is 101 Å². The van der Waals surface area contributed by atoms with Crippen LogP contribution in [0.3, 0.4) is 0 Å². The zero-order chi connectivity index (χ0) is 12.5. The van der Waals surface area contributed by atoms with Gasteiger partial charge in [0.2, 0.25) is 0 Å². The molecule has 4 heteroatoms. The molecule has 1 atom stereocenters. The molecule has 94 valence electrons. The predicted octanol–water partition coefficient (Wildman–Crippen LogP) is 1.65. The second-order valence-electron chi connectivity index (χ2n) is 4.94. The molecular formula is C13H18O4. The second-order valence-corrected chi connectivity index (χ2v) is 4.94. The molecule has 1 aliphatic heterocycles. The highest BCUT2D eigenvalue weighted by atomic mass is 16.5. The summed E-state index contributed by atoms with van der Waals surface area (Å²) < 4.78 is 10.8. The first-order valence-corrected chi connectivity index (χ1v) is 5.76. The van der Waals surface area contributed by atoms with Gasteiger partial charge < -0.3 is 19.7 Å². The first-order chi connectivity index (χ1) is 7.96. The lowest BCUT2D eigenvalue weighted by atomic mass is 10.1.